The van der Waals surface area contributed by atoms with E-state index in [1.807, 2.05) is 0 Å². The van der Waals surface area contributed by atoms with Gasteiger partial charge in [0, 0.05) is 6.42 Å². The van der Waals surface area contributed by atoms with Gasteiger partial charge in [-0.05, 0) is 50.2 Å². The van der Waals surface area contributed by atoms with E-state index in [0.717, 1.165) is 12.8 Å². The van der Waals surface area contributed by atoms with Crippen LogP contribution in [0, 0.1) is 0 Å². The average Bonchev–Trinajstić information content (AvgIpc) is 2.68. The predicted octanol–water partition coefficient (Wildman–Crippen LogP) is 10.1. The summed E-state index contributed by atoms with van der Waals surface area (Å²) in [4.78, 5) is 12.1. The van der Waals surface area contributed by atoms with Gasteiger partial charge in [-0.3, -0.25) is 4.79 Å². The zero-order chi connectivity index (χ0) is 23.4. The van der Waals surface area contributed by atoms with Gasteiger partial charge in [-0.15, -0.1) is 0 Å². The lowest BCUT2D eigenvalue weighted by Crippen LogP contribution is -2.42. The van der Waals surface area contributed by atoms with Gasteiger partial charge in [0.25, 0.3) is 14.3 Å². The van der Waals surface area contributed by atoms with E-state index in [9.17, 15) is 4.79 Å². The smallest absolute Gasteiger partial charge is 0.292 e. The Labute approximate surface area is 197 Å². The molecule has 0 aliphatic carbocycles. The Morgan fingerprint density at radius 3 is 1.48 bits per heavy atom. The highest BCUT2D eigenvalue weighted by Crippen LogP contribution is 2.36. The maximum Gasteiger partial charge on any atom is 0.292 e. The summed E-state index contributed by atoms with van der Waals surface area (Å²) in [5.41, 5.74) is 0. The predicted molar refractivity (Wildman–Crippen MR) is 141 cm³/mol. The third kappa shape index (κ3) is 18.7. The van der Waals surface area contributed by atoms with Crippen molar-refractivity contribution in [2.75, 3.05) is 0 Å². The van der Waals surface area contributed by atoms with E-state index in [2.05, 4.69) is 52.9 Å². The average molecular weight is 453 g/mol. The Balaban J connectivity index is 3.37. The minimum atomic E-state index is -1.94. The topological polar surface area (TPSA) is 26.3 Å². The Morgan fingerprint density at radius 1 is 0.677 bits per heavy atom. The van der Waals surface area contributed by atoms with Crippen LogP contribution in [0.2, 0.25) is 18.1 Å². The molecular formula is C28H56O2Si. The number of carbonyl (C=O) groups excluding carboxylic acids is 1. The van der Waals surface area contributed by atoms with E-state index >= 15 is 0 Å². The third-order valence-electron chi connectivity index (χ3n) is 6.82. The maximum absolute atomic E-state index is 12.1. The number of allylic oxidation sites excluding steroid dienone is 2. The number of carbonyl (C=O) groups is 1. The van der Waals surface area contributed by atoms with Crippen LogP contribution in [0.3, 0.4) is 0 Å². The van der Waals surface area contributed by atoms with Crippen molar-refractivity contribution >= 4 is 14.3 Å². The van der Waals surface area contributed by atoms with Crippen molar-refractivity contribution in [2.45, 2.75) is 161 Å². The Morgan fingerprint density at radius 2 is 1.06 bits per heavy atom. The van der Waals surface area contributed by atoms with Gasteiger partial charge in [-0.25, -0.2) is 0 Å². The van der Waals surface area contributed by atoms with Crippen LogP contribution in [-0.4, -0.2) is 14.3 Å². The van der Waals surface area contributed by atoms with Gasteiger partial charge in [0.1, 0.15) is 0 Å². The van der Waals surface area contributed by atoms with Crippen LogP contribution in [0.4, 0.5) is 0 Å². The highest BCUT2D eigenvalue weighted by Gasteiger charge is 2.40. The van der Waals surface area contributed by atoms with Gasteiger partial charge in [0.05, 0.1) is 0 Å². The van der Waals surface area contributed by atoms with Crippen LogP contribution in [0.1, 0.15) is 143 Å². The molecule has 0 N–H and O–H groups in total. The van der Waals surface area contributed by atoms with Crippen molar-refractivity contribution in [3.8, 4) is 0 Å². The molecule has 0 atom stereocenters. The van der Waals surface area contributed by atoms with Crippen molar-refractivity contribution in [1.29, 1.82) is 0 Å². The molecule has 0 aromatic carbocycles. The molecule has 0 amide bonds. The molecule has 2 nitrogen and oxygen atoms in total. The molecule has 0 fully saturated rings. The van der Waals surface area contributed by atoms with Crippen LogP contribution in [0.15, 0.2) is 12.2 Å². The highest BCUT2D eigenvalue weighted by atomic mass is 28.4. The maximum atomic E-state index is 12.1. The van der Waals surface area contributed by atoms with Crippen LogP contribution < -0.4 is 0 Å². The first-order chi connectivity index (χ1) is 14.7. The van der Waals surface area contributed by atoms with Gasteiger partial charge in [-0.2, -0.15) is 0 Å². The summed E-state index contributed by atoms with van der Waals surface area (Å²) >= 11 is 0. The van der Waals surface area contributed by atoms with E-state index < -0.39 is 8.32 Å². The van der Waals surface area contributed by atoms with Crippen molar-refractivity contribution in [1.82, 2.24) is 0 Å². The Kier molecular flexibility index (Phi) is 18.6. The van der Waals surface area contributed by atoms with Gasteiger partial charge in [-0.1, -0.05) is 117 Å². The van der Waals surface area contributed by atoms with Crippen LogP contribution in [-0.2, 0) is 9.22 Å². The first-order valence-corrected chi connectivity index (χ1v) is 16.5. The third-order valence-corrected chi connectivity index (χ3v) is 11.2. The lowest BCUT2D eigenvalue weighted by molar-refractivity contribution is -0.135. The minimum absolute atomic E-state index is 0.0209. The molecule has 0 aromatic heterocycles. The number of unbranched alkanes of at least 4 members (excludes halogenated alkanes) is 15. The molecule has 0 spiro atoms. The summed E-state index contributed by atoms with van der Waals surface area (Å²) in [6.45, 7) is 13.1. The number of hydrogen-bond acceptors (Lipinski definition) is 2. The zero-order valence-corrected chi connectivity index (χ0v) is 23.2. The molecule has 0 aromatic rings. The van der Waals surface area contributed by atoms with Crippen molar-refractivity contribution < 1.29 is 9.22 Å². The second-order valence-electron chi connectivity index (χ2n) is 11.0. The quantitative estimate of drug-likeness (QED) is 0.104. The molecule has 0 rings (SSSR count). The molecule has 31 heavy (non-hydrogen) atoms. The van der Waals surface area contributed by atoms with Crippen molar-refractivity contribution in [2.24, 2.45) is 0 Å². The molecule has 0 saturated heterocycles. The van der Waals surface area contributed by atoms with Gasteiger partial charge in [0.15, 0.2) is 0 Å². The van der Waals surface area contributed by atoms with Gasteiger partial charge < -0.3 is 4.43 Å². The second-order valence-corrected chi connectivity index (χ2v) is 15.7. The minimum Gasteiger partial charge on any atom is -0.519 e. The first-order valence-electron chi connectivity index (χ1n) is 13.6. The summed E-state index contributed by atoms with van der Waals surface area (Å²) in [6.07, 6.45) is 27.9. The lowest BCUT2D eigenvalue weighted by atomic mass is 10.1. The molecule has 0 bridgehead atoms. The number of rotatable bonds is 20. The van der Waals surface area contributed by atoms with E-state index in [0.29, 0.717) is 6.42 Å². The molecule has 0 aliphatic heterocycles. The normalized spacial score (nSPS) is 12.6. The molecule has 0 unspecified atom stereocenters. The molecule has 0 radical (unpaired) electrons. The van der Waals surface area contributed by atoms with E-state index in [4.69, 9.17) is 4.43 Å². The largest absolute Gasteiger partial charge is 0.519 e. The Bertz CT molecular complexity index is 448. The number of hydrogen-bond donors (Lipinski definition) is 0. The fourth-order valence-electron chi connectivity index (χ4n) is 3.54. The molecule has 0 heterocycles. The van der Waals surface area contributed by atoms with E-state index in [1.165, 1.54) is 96.3 Å². The zero-order valence-electron chi connectivity index (χ0n) is 22.2. The summed E-state index contributed by atoms with van der Waals surface area (Å²) < 4.78 is 5.83. The van der Waals surface area contributed by atoms with Crippen LogP contribution in [0.25, 0.3) is 0 Å². The van der Waals surface area contributed by atoms with E-state index in [-0.39, 0.29) is 11.0 Å². The molecule has 184 valence electrons. The summed E-state index contributed by atoms with van der Waals surface area (Å²) in [6, 6.07) is 0. The fourth-order valence-corrected chi connectivity index (χ4v) is 4.51. The summed E-state index contributed by atoms with van der Waals surface area (Å²) in [5.74, 6) is 0.0209. The van der Waals surface area contributed by atoms with Gasteiger partial charge >= 0.3 is 0 Å². The van der Waals surface area contributed by atoms with Crippen LogP contribution >= 0.6 is 0 Å². The molecule has 3 heteroatoms. The first kappa shape index (κ1) is 30.4. The fraction of sp³-hybridized carbons (Fsp3) is 0.893. The molecule has 0 aliphatic rings. The van der Waals surface area contributed by atoms with Crippen molar-refractivity contribution in [3.63, 3.8) is 0 Å². The Hall–Kier alpha value is -0.573. The summed E-state index contributed by atoms with van der Waals surface area (Å²) in [7, 11) is -1.94. The lowest BCUT2D eigenvalue weighted by Gasteiger charge is -2.35. The SMILES string of the molecule is CCCCCCCC/C=C\CCCCCCCCCCCC(=O)O[Si](C)(C)C(C)(C)C. The summed E-state index contributed by atoms with van der Waals surface area (Å²) in [5, 5.41) is 0.104. The van der Waals surface area contributed by atoms with E-state index in [1.54, 1.807) is 0 Å². The molecule has 0 saturated carbocycles. The monoisotopic (exact) mass is 452 g/mol. The standard InChI is InChI=1S/C28H56O2Si/c1-7-8-9-10-11-12-13-14-15-16-17-18-19-20-21-22-23-24-25-26-27(29)30-31(5,6)28(2,3)4/h14-15H,7-13,16-26H2,1-6H3/b15-14-. The van der Waals surface area contributed by atoms with Crippen molar-refractivity contribution in [3.05, 3.63) is 12.2 Å². The molecular weight excluding hydrogens is 396 g/mol. The van der Waals surface area contributed by atoms with Gasteiger partial charge in [0.2, 0.25) is 0 Å². The second kappa shape index (κ2) is 18.9. The highest BCUT2D eigenvalue weighted by molar-refractivity contribution is 6.75. The van der Waals surface area contributed by atoms with Crippen LogP contribution in [0.5, 0.6) is 0 Å².